The van der Waals surface area contributed by atoms with E-state index in [-0.39, 0.29) is 11.4 Å². The monoisotopic (exact) mass is 392 g/mol. The molecule has 4 rings (SSSR count). The second kappa shape index (κ2) is 7.05. The van der Waals surface area contributed by atoms with E-state index in [1.807, 2.05) is 43.5 Å². The third kappa shape index (κ3) is 3.12. The van der Waals surface area contributed by atoms with Crippen molar-refractivity contribution < 1.29 is 14.0 Å². The number of nitrogens with zero attached hydrogens (tertiary/aromatic N) is 1. The van der Waals surface area contributed by atoms with Gasteiger partial charge >= 0.3 is 0 Å². The zero-order valence-electron chi connectivity index (χ0n) is 15.3. The Kier molecular flexibility index (Phi) is 4.57. The molecule has 6 heteroatoms. The van der Waals surface area contributed by atoms with Crippen molar-refractivity contribution in [1.82, 2.24) is 0 Å². The summed E-state index contributed by atoms with van der Waals surface area (Å²) in [6.45, 7) is 3.89. The van der Waals surface area contributed by atoms with Gasteiger partial charge < -0.3 is 5.32 Å². The first kappa shape index (κ1) is 18.1. The van der Waals surface area contributed by atoms with Crippen molar-refractivity contribution >= 4 is 40.1 Å². The number of benzene rings is 2. The molecule has 3 aromatic rings. The minimum Gasteiger partial charge on any atom is -0.350 e. The smallest absolute Gasteiger partial charge is 0.282 e. The summed E-state index contributed by atoms with van der Waals surface area (Å²) in [5.41, 5.74) is 3.45. The summed E-state index contributed by atoms with van der Waals surface area (Å²) in [5, 5.41) is 5.01. The van der Waals surface area contributed by atoms with Crippen LogP contribution < -0.4 is 10.2 Å². The predicted molar refractivity (Wildman–Crippen MR) is 110 cm³/mol. The maximum absolute atomic E-state index is 13.7. The molecule has 1 aromatic heterocycles. The lowest BCUT2D eigenvalue weighted by Gasteiger charge is -2.16. The summed E-state index contributed by atoms with van der Waals surface area (Å²) < 4.78 is 13.7. The summed E-state index contributed by atoms with van der Waals surface area (Å²) in [6.07, 6.45) is 0. The summed E-state index contributed by atoms with van der Waals surface area (Å²) in [5.74, 6) is -1.47. The third-order valence-corrected chi connectivity index (χ3v) is 5.46. The molecule has 0 fully saturated rings. The molecule has 1 N–H and O–H groups in total. The number of aryl methyl sites for hydroxylation is 2. The van der Waals surface area contributed by atoms with Crippen LogP contribution in [0.2, 0.25) is 0 Å². The number of thiophene rings is 1. The van der Waals surface area contributed by atoms with Crippen LogP contribution >= 0.6 is 11.3 Å². The maximum atomic E-state index is 13.7. The first-order valence-corrected chi connectivity index (χ1v) is 9.60. The van der Waals surface area contributed by atoms with E-state index in [1.165, 1.54) is 29.5 Å². The van der Waals surface area contributed by atoms with Crippen LogP contribution in [0.25, 0.3) is 5.57 Å². The van der Waals surface area contributed by atoms with Crippen molar-refractivity contribution in [3.8, 4) is 0 Å². The van der Waals surface area contributed by atoms with E-state index >= 15 is 0 Å². The zero-order valence-corrected chi connectivity index (χ0v) is 16.1. The standard InChI is InChI=1S/C22H17FN2O2S/c1-13-8-9-14(2)17(11-13)24-20-19(18-7-4-10-28-18)21(26)25(22(20)27)16-6-3-5-15(23)12-16/h3-12,24H,1-2H3. The molecular formula is C22H17FN2O2S. The minimum absolute atomic E-state index is 0.199. The average molecular weight is 392 g/mol. The number of rotatable bonds is 4. The van der Waals surface area contributed by atoms with Gasteiger partial charge in [-0.2, -0.15) is 0 Å². The zero-order chi connectivity index (χ0) is 19.8. The summed E-state index contributed by atoms with van der Waals surface area (Å²) in [4.78, 5) is 28.1. The molecule has 0 unspecified atom stereocenters. The maximum Gasteiger partial charge on any atom is 0.282 e. The molecule has 0 saturated heterocycles. The van der Waals surface area contributed by atoms with Crippen LogP contribution in [0.5, 0.6) is 0 Å². The highest BCUT2D eigenvalue weighted by Gasteiger charge is 2.40. The van der Waals surface area contributed by atoms with Gasteiger partial charge in [0.25, 0.3) is 11.8 Å². The van der Waals surface area contributed by atoms with E-state index in [0.29, 0.717) is 10.5 Å². The topological polar surface area (TPSA) is 49.4 Å². The molecule has 2 aromatic carbocycles. The third-order valence-electron chi connectivity index (χ3n) is 4.57. The predicted octanol–water partition coefficient (Wildman–Crippen LogP) is 4.90. The minimum atomic E-state index is -0.508. The van der Waals surface area contributed by atoms with Crippen LogP contribution in [0.3, 0.4) is 0 Å². The number of carbonyl (C=O) groups is 2. The molecule has 2 amide bonds. The van der Waals surface area contributed by atoms with Crippen LogP contribution in [0.1, 0.15) is 16.0 Å². The van der Waals surface area contributed by atoms with Gasteiger partial charge in [-0.05, 0) is 60.7 Å². The van der Waals surface area contributed by atoms with Gasteiger partial charge in [-0.3, -0.25) is 9.59 Å². The Hall–Kier alpha value is -3.25. The Bertz CT molecular complexity index is 1120. The van der Waals surface area contributed by atoms with Gasteiger partial charge in [0.1, 0.15) is 11.5 Å². The van der Waals surface area contributed by atoms with E-state index in [1.54, 1.807) is 12.1 Å². The average Bonchev–Trinajstić information content (AvgIpc) is 3.25. The normalized spacial score (nSPS) is 14.2. The van der Waals surface area contributed by atoms with Gasteiger partial charge in [-0.15, -0.1) is 11.3 Å². The lowest BCUT2D eigenvalue weighted by atomic mass is 10.1. The Morgan fingerprint density at radius 3 is 2.50 bits per heavy atom. The summed E-state index contributed by atoms with van der Waals surface area (Å²) in [6, 6.07) is 15.0. The lowest BCUT2D eigenvalue weighted by Crippen LogP contribution is -2.32. The SMILES string of the molecule is Cc1ccc(C)c(NC2=C(c3cccs3)C(=O)N(c3cccc(F)c3)C2=O)c1. The summed E-state index contributed by atoms with van der Waals surface area (Å²) in [7, 11) is 0. The first-order valence-electron chi connectivity index (χ1n) is 8.72. The Balaban J connectivity index is 1.83. The Labute approximate surface area is 165 Å². The highest BCUT2D eigenvalue weighted by Crippen LogP contribution is 2.36. The quantitative estimate of drug-likeness (QED) is 0.643. The van der Waals surface area contributed by atoms with E-state index in [9.17, 15) is 14.0 Å². The first-order chi connectivity index (χ1) is 13.5. The van der Waals surface area contributed by atoms with Crippen LogP contribution in [-0.4, -0.2) is 11.8 Å². The molecule has 0 aliphatic carbocycles. The van der Waals surface area contributed by atoms with Gasteiger partial charge in [0.05, 0.1) is 11.3 Å². The number of amides is 2. The molecule has 4 nitrogen and oxygen atoms in total. The molecule has 0 atom stereocenters. The Morgan fingerprint density at radius 1 is 0.964 bits per heavy atom. The molecule has 0 radical (unpaired) electrons. The van der Waals surface area contributed by atoms with Gasteiger partial charge in [0.15, 0.2) is 0 Å². The fourth-order valence-corrected chi connectivity index (χ4v) is 3.92. The number of anilines is 2. The highest BCUT2D eigenvalue weighted by atomic mass is 32.1. The molecule has 0 spiro atoms. The molecule has 28 heavy (non-hydrogen) atoms. The van der Waals surface area contributed by atoms with Crippen LogP contribution in [0.15, 0.2) is 65.7 Å². The van der Waals surface area contributed by atoms with Crippen LogP contribution in [0.4, 0.5) is 15.8 Å². The number of nitrogens with one attached hydrogen (secondary N) is 1. The molecule has 2 heterocycles. The van der Waals surface area contributed by atoms with Crippen molar-refractivity contribution in [3.63, 3.8) is 0 Å². The van der Waals surface area contributed by atoms with Gasteiger partial charge in [-0.1, -0.05) is 24.3 Å². The molecular weight excluding hydrogens is 375 g/mol. The molecule has 0 bridgehead atoms. The number of carbonyl (C=O) groups excluding carboxylic acids is 2. The fraction of sp³-hybridized carbons (Fsp3) is 0.0909. The highest BCUT2D eigenvalue weighted by molar-refractivity contribution is 7.11. The number of hydrogen-bond acceptors (Lipinski definition) is 4. The van der Waals surface area contributed by atoms with E-state index in [4.69, 9.17) is 0 Å². The van der Waals surface area contributed by atoms with Crippen molar-refractivity contribution in [2.45, 2.75) is 13.8 Å². The van der Waals surface area contributed by atoms with Crippen LogP contribution in [-0.2, 0) is 9.59 Å². The van der Waals surface area contributed by atoms with Gasteiger partial charge in [-0.25, -0.2) is 9.29 Å². The van der Waals surface area contributed by atoms with E-state index in [2.05, 4.69) is 5.32 Å². The van der Waals surface area contributed by atoms with Crippen molar-refractivity contribution in [3.05, 3.63) is 87.5 Å². The van der Waals surface area contributed by atoms with Crippen molar-refractivity contribution in [2.75, 3.05) is 10.2 Å². The van der Waals surface area contributed by atoms with Crippen molar-refractivity contribution in [1.29, 1.82) is 0 Å². The van der Waals surface area contributed by atoms with E-state index < -0.39 is 17.6 Å². The number of halogens is 1. The largest absolute Gasteiger partial charge is 0.350 e. The Morgan fingerprint density at radius 2 is 1.79 bits per heavy atom. The van der Waals surface area contributed by atoms with Gasteiger partial charge in [0.2, 0.25) is 0 Å². The number of imide groups is 1. The lowest BCUT2D eigenvalue weighted by molar-refractivity contribution is -0.120. The fourth-order valence-electron chi connectivity index (χ4n) is 3.15. The van der Waals surface area contributed by atoms with Crippen molar-refractivity contribution in [2.24, 2.45) is 0 Å². The second-order valence-corrected chi connectivity index (χ2v) is 7.54. The molecule has 140 valence electrons. The van der Waals surface area contributed by atoms with E-state index in [0.717, 1.165) is 21.7 Å². The molecule has 1 aliphatic heterocycles. The molecule has 1 aliphatic rings. The second-order valence-electron chi connectivity index (χ2n) is 6.60. The van der Waals surface area contributed by atoms with Gasteiger partial charge in [0, 0.05) is 10.6 Å². The van der Waals surface area contributed by atoms with Crippen LogP contribution in [0, 0.1) is 19.7 Å². The number of hydrogen-bond donors (Lipinski definition) is 1. The molecule has 0 saturated carbocycles. The summed E-state index contributed by atoms with van der Waals surface area (Å²) >= 11 is 1.38.